The Labute approximate surface area is 306 Å². The highest BCUT2D eigenvalue weighted by atomic mass is 32.1. The molecule has 0 fully saturated rings. The standard InChI is InChI=1S/C49H32N2S/c1-2-10-33(11-3-1)34-18-24-38(25-19-34)51(40-28-22-36(23-29-40)47-31-46-44-16-8-9-17-48(44)52-49(46)32-50-47)39-26-20-35(21-27-39)45-30-37-12-4-5-13-41(37)42-14-6-7-15-43(42)45/h1-32H. The molecule has 52 heavy (non-hydrogen) atoms. The second-order valence-electron chi connectivity index (χ2n) is 13.2. The predicted molar refractivity (Wildman–Crippen MR) is 223 cm³/mol. The molecule has 0 radical (unpaired) electrons. The minimum atomic E-state index is 0.980. The van der Waals surface area contributed by atoms with E-state index in [9.17, 15) is 0 Å². The highest BCUT2D eigenvalue weighted by Gasteiger charge is 2.16. The van der Waals surface area contributed by atoms with Gasteiger partial charge in [-0.15, -0.1) is 11.3 Å². The molecule has 0 aliphatic rings. The van der Waals surface area contributed by atoms with Crippen LogP contribution in [0.2, 0.25) is 0 Å². The van der Waals surface area contributed by atoms with E-state index in [2.05, 4.69) is 193 Å². The van der Waals surface area contributed by atoms with Crippen molar-refractivity contribution in [1.29, 1.82) is 0 Å². The molecular formula is C49H32N2S. The molecule has 0 saturated heterocycles. The third-order valence-electron chi connectivity index (χ3n) is 10.1. The van der Waals surface area contributed by atoms with Crippen LogP contribution in [-0.2, 0) is 0 Å². The molecule has 0 aliphatic heterocycles. The fourth-order valence-electron chi connectivity index (χ4n) is 7.53. The number of pyridine rings is 1. The summed E-state index contributed by atoms with van der Waals surface area (Å²) < 4.78 is 2.51. The van der Waals surface area contributed by atoms with Crippen LogP contribution in [-0.4, -0.2) is 4.98 Å². The van der Waals surface area contributed by atoms with Gasteiger partial charge in [0.1, 0.15) is 0 Å². The average Bonchev–Trinajstić information content (AvgIpc) is 3.60. The van der Waals surface area contributed by atoms with Gasteiger partial charge in [-0.05, 0) is 98.4 Å². The van der Waals surface area contributed by atoms with Crippen molar-refractivity contribution in [1.82, 2.24) is 4.98 Å². The molecule has 10 aromatic rings. The SMILES string of the molecule is c1ccc(-c2ccc(N(c3ccc(-c4cc5c(cn4)sc4ccccc45)cc3)c3ccc(-c4cc5ccccc5c5ccccc45)cc3)cc2)cc1. The third kappa shape index (κ3) is 5.31. The fourth-order valence-corrected chi connectivity index (χ4v) is 8.59. The van der Waals surface area contributed by atoms with E-state index < -0.39 is 0 Å². The summed E-state index contributed by atoms with van der Waals surface area (Å²) in [4.78, 5) is 7.21. The molecule has 0 aliphatic carbocycles. The quantitative estimate of drug-likeness (QED) is 0.163. The molecule has 0 amide bonds. The molecule has 0 bridgehead atoms. The highest BCUT2D eigenvalue weighted by molar-refractivity contribution is 7.25. The zero-order chi connectivity index (χ0) is 34.4. The van der Waals surface area contributed by atoms with Gasteiger partial charge in [-0.2, -0.15) is 0 Å². The Morgan fingerprint density at radius 3 is 1.62 bits per heavy atom. The molecule has 0 atom stereocenters. The molecule has 244 valence electrons. The van der Waals surface area contributed by atoms with Crippen molar-refractivity contribution in [3.05, 3.63) is 194 Å². The largest absolute Gasteiger partial charge is 0.311 e. The van der Waals surface area contributed by atoms with Crippen molar-refractivity contribution in [2.75, 3.05) is 4.90 Å². The smallest absolute Gasteiger partial charge is 0.0709 e. The lowest BCUT2D eigenvalue weighted by atomic mass is 9.93. The number of thiophene rings is 1. The molecule has 2 nitrogen and oxygen atoms in total. The molecule has 2 aromatic heterocycles. The topological polar surface area (TPSA) is 16.1 Å². The summed E-state index contributed by atoms with van der Waals surface area (Å²) in [5.41, 5.74) is 10.2. The first kappa shape index (κ1) is 30.3. The Morgan fingerprint density at radius 1 is 0.365 bits per heavy atom. The minimum Gasteiger partial charge on any atom is -0.311 e. The summed E-state index contributed by atoms with van der Waals surface area (Å²) in [6, 6.07) is 67.8. The van der Waals surface area contributed by atoms with Gasteiger partial charge in [0.25, 0.3) is 0 Å². The van der Waals surface area contributed by atoms with Crippen molar-refractivity contribution in [2.45, 2.75) is 0 Å². The van der Waals surface area contributed by atoms with Gasteiger partial charge in [-0.25, -0.2) is 0 Å². The maximum Gasteiger partial charge on any atom is 0.0709 e. The van der Waals surface area contributed by atoms with Crippen LogP contribution in [0.3, 0.4) is 0 Å². The van der Waals surface area contributed by atoms with Gasteiger partial charge in [0, 0.05) is 44.3 Å². The van der Waals surface area contributed by atoms with Gasteiger partial charge >= 0.3 is 0 Å². The number of fused-ring (bicyclic) bond motifs is 6. The van der Waals surface area contributed by atoms with E-state index in [1.165, 1.54) is 64.0 Å². The maximum atomic E-state index is 4.88. The second kappa shape index (κ2) is 12.6. The second-order valence-corrected chi connectivity index (χ2v) is 14.3. The first-order valence-corrected chi connectivity index (χ1v) is 18.4. The van der Waals surface area contributed by atoms with Crippen LogP contribution in [0.4, 0.5) is 17.1 Å². The lowest BCUT2D eigenvalue weighted by Crippen LogP contribution is -2.09. The van der Waals surface area contributed by atoms with Gasteiger partial charge in [0.05, 0.1) is 10.4 Å². The van der Waals surface area contributed by atoms with E-state index in [0.717, 1.165) is 28.3 Å². The van der Waals surface area contributed by atoms with Gasteiger partial charge in [-0.3, -0.25) is 4.98 Å². The van der Waals surface area contributed by atoms with Gasteiger partial charge in [-0.1, -0.05) is 133 Å². The third-order valence-corrected chi connectivity index (χ3v) is 11.2. The maximum absolute atomic E-state index is 4.88. The van der Waals surface area contributed by atoms with Gasteiger partial charge < -0.3 is 4.90 Å². The lowest BCUT2D eigenvalue weighted by Gasteiger charge is -2.26. The highest BCUT2D eigenvalue weighted by Crippen LogP contribution is 2.40. The fraction of sp³-hybridized carbons (Fsp3) is 0. The van der Waals surface area contributed by atoms with E-state index in [-0.39, 0.29) is 0 Å². The number of hydrogen-bond acceptors (Lipinski definition) is 3. The molecular weight excluding hydrogens is 649 g/mol. The Morgan fingerprint density at radius 2 is 0.904 bits per heavy atom. The Hall–Kier alpha value is -6.55. The van der Waals surface area contributed by atoms with Crippen molar-refractivity contribution in [3.8, 4) is 33.5 Å². The van der Waals surface area contributed by atoms with E-state index in [4.69, 9.17) is 4.98 Å². The summed E-state index contributed by atoms with van der Waals surface area (Å²) in [6.45, 7) is 0. The van der Waals surface area contributed by atoms with Gasteiger partial charge in [0.2, 0.25) is 0 Å². The van der Waals surface area contributed by atoms with Crippen LogP contribution in [0.25, 0.3) is 75.2 Å². The van der Waals surface area contributed by atoms with Crippen LogP contribution in [0.1, 0.15) is 0 Å². The van der Waals surface area contributed by atoms with Crippen LogP contribution in [0.15, 0.2) is 194 Å². The molecule has 0 N–H and O–H groups in total. The first-order chi connectivity index (χ1) is 25.8. The van der Waals surface area contributed by atoms with E-state index in [1.807, 2.05) is 6.20 Å². The first-order valence-electron chi connectivity index (χ1n) is 17.6. The number of rotatable bonds is 6. The van der Waals surface area contributed by atoms with Crippen LogP contribution < -0.4 is 4.90 Å². The van der Waals surface area contributed by atoms with Crippen LogP contribution in [0.5, 0.6) is 0 Å². The molecule has 0 saturated carbocycles. The monoisotopic (exact) mass is 680 g/mol. The summed E-state index contributed by atoms with van der Waals surface area (Å²) in [7, 11) is 0. The van der Waals surface area contributed by atoms with Crippen molar-refractivity contribution in [2.24, 2.45) is 0 Å². The number of aromatic nitrogens is 1. The summed E-state index contributed by atoms with van der Waals surface area (Å²) >= 11 is 1.80. The van der Waals surface area contributed by atoms with E-state index in [0.29, 0.717) is 0 Å². The van der Waals surface area contributed by atoms with Gasteiger partial charge in [0.15, 0.2) is 0 Å². The Balaban J connectivity index is 1.05. The Bertz CT molecular complexity index is 2870. The number of benzene rings is 8. The van der Waals surface area contributed by atoms with Crippen molar-refractivity contribution >= 4 is 70.1 Å². The zero-order valence-corrected chi connectivity index (χ0v) is 29.1. The minimum absolute atomic E-state index is 0.980. The molecule has 2 heterocycles. The predicted octanol–water partition coefficient (Wildman–Crippen LogP) is 14.2. The average molecular weight is 681 g/mol. The molecule has 3 heteroatoms. The summed E-state index contributed by atoms with van der Waals surface area (Å²) in [5, 5.41) is 7.62. The number of nitrogens with zero attached hydrogens (tertiary/aromatic N) is 2. The van der Waals surface area contributed by atoms with E-state index in [1.54, 1.807) is 11.3 Å². The summed E-state index contributed by atoms with van der Waals surface area (Å²) in [6.07, 6.45) is 2.02. The number of anilines is 3. The Kier molecular flexibility index (Phi) is 7.37. The summed E-state index contributed by atoms with van der Waals surface area (Å²) in [5.74, 6) is 0. The normalized spacial score (nSPS) is 11.5. The lowest BCUT2D eigenvalue weighted by molar-refractivity contribution is 1.28. The van der Waals surface area contributed by atoms with Crippen molar-refractivity contribution < 1.29 is 0 Å². The van der Waals surface area contributed by atoms with E-state index >= 15 is 0 Å². The molecule has 10 rings (SSSR count). The molecule has 8 aromatic carbocycles. The van der Waals surface area contributed by atoms with Crippen LogP contribution >= 0.6 is 11.3 Å². The molecule has 0 unspecified atom stereocenters. The van der Waals surface area contributed by atoms with Crippen LogP contribution in [0, 0.1) is 0 Å². The van der Waals surface area contributed by atoms with Crippen molar-refractivity contribution in [3.63, 3.8) is 0 Å². The zero-order valence-electron chi connectivity index (χ0n) is 28.3. The number of hydrogen-bond donors (Lipinski definition) is 0. The molecule has 0 spiro atoms.